The van der Waals surface area contributed by atoms with E-state index >= 15 is 0 Å². The molecule has 1 aromatic carbocycles. The van der Waals surface area contributed by atoms with Gasteiger partial charge in [-0.25, -0.2) is 0 Å². The number of aryl methyl sites for hydroxylation is 1. The lowest BCUT2D eigenvalue weighted by atomic mass is 10.0. The molecule has 2 atom stereocenters. The normalized spacial score (nSPS) is 18.5. The molecule has 1 aliphatic rings. The fourth-order valence-electron chi connectivity index (χ4n) is 2.60. The molecular formula is C16H18O3S. The van der Waals surface area contributed by atoms with E-state index in [0.29, 0.717) is 0 Å². The lowest BCUT2D eigenvalue weighted by molar-refractivity contribution is 0.216. The zero-order valence-electron chi connectivity index (χ0n) is 11.8. The summed E-state index contributed by atoms with van der Waals surface area (Å²) in [5.41, 5.74) is 1.91. The first-order chi connectivity index (χ1) is 9.58. The van der Waals surface area contributed by atoms with Crippen LogP contribution >= 0.6 is 11.3 Å². The predicted molar refractivity (Wildman–Crippen MR) is 79.9 cm³/mol. The van der Waals surface area contributed by atoms with Gasteiger partial charge in [0.1, 0.15) is 23.7 Å². The highest BCUT2D eigenvalue weighted by atomic mass is 32.1. The lowest BCUT2D eigenvalue weighted by Crippen LogP contribution is -2.05. The quantitative estimate of drug-likeness (QED) is 0.940. The largest absolute Gasteiger partial charge is 0.496 e. The zero-order chi connectivity index (χ0) is 14.3. The fourth-order valence-corrected chi connectivity index (χ4v) is 3.48. The number of ether oxygens (including phenoxy) is 2. The number of hydrogen-bond donors (Lipinski definition) is 1. The highest BCUT2D eigenvalue weighted by Gasteiger charge is 2.25. The molecule has 2 aromatic rings. The van der Waals surface area contributed by atoms with Crippen LogP contribution in [0.3, 0.4) is 0 Å². The van der Waals surface area contributed by atoms with Crippen molar-refractivity contribution < 1.29 is 14.6 Å². The maximum atomic E-state index is 10.6. The van der Waals surface area contributed by atoms with Crippen LogP contribution in [-0.4, -0.2) is 18.3 Å². The topological polar surface area (TPSA) is 38.7 Å². The summed E-state index contributed by atoms with van der Waals surface area (Å²) in [4.78, 5) is 2.11. The second kappa shape index (κ2) is 5.11. The molecule has 3 rings (SSSR count). The molecule has 2 unspecified atom stereocenters. The summed E-state index contributed by atoms with van der Waals surface area (Å²) in [6, 6.07) is 7.87. The molecule has 0 saturated carbocycles. The van der Waals surface area contributed by atoms with E-state index in [1.807, 2.05) is 38.1 Å². The monoisotopic (exact) mass is 290 g/mol. The number of aliphatic hydroxyl groups is 1. The van der Waals surface area contributed by atoms with Gasteiger partial charge in [-0.05, 0) is 38.1 Å². The number of thiophene rings is 1. The predicted octanol–water partition coefficient (Wildman–Crippen LogP) is 3.47. The van der Waals surface area contributed by atoms with Crippen LogP contribution in [-0.2, 0) is 6.42 Å². The number of rotatable bonds is 3. The molecule has 0 saturated heterocycles. The first-order valence-corrected chi connectivity index (χ1v) is 7.52. The Labute approximate surface area is 122 Å². The summed E-state index contributed by atoms with van der Waals surface area (Å²) in [5, 5.41) is 10.6. The molecule has 20 heavy (non-hydrogen) atoms. The van der Waals surface area contributed by atoms with Crippen LogP contribution in [0.2, 0.25) is 0 Å². The van der Waals surface area contributed by atoms with Crippen LogP contribution in [0.1, 0.15) is 33.9 Å². The van der Waals surface area contributed by atoms with Crippen LogP contribution in [0.15, 0.2) is 24.3 Å². The van der Waals surface area contributed by atoms with Crippen molar-refractivity contribution in [3.05, 3.63) is 45.1 Å². The first-order valence-electron chi connectivity index (χ1n) is 6.70. The molecule has 0 aliphatic carbocycles. The van der Waals surface area contributed by atoms with Crippen LogP contribution in [0.5, 0.6) is 11.5 Å². The second-order valence-corrected chi connectivity index (χ2v) is 6.50. The Balaban J connectivity index is 2.02. The number of aliphatic hydroxyl groups excluding tert-OH is 1. The third-order valence-corrected chi connectivity index (χ3v) is 4.63. The maximum Gasteiger partial charge on any atom is 0.125 e. The van der Waals surface area contributed by atoms with Gasteiger partial charge in [-0.1, -0.05) is 0 Å². The molecule has 106 valence electrons. The maximum absolute atomic E-state index is 10.6. The highest BCUT2D eigenvalue weighted by molar-refractivity contribution is 7.12. The smallest absolute Gasteiger partial charge is 0.125 e. The van der Waals surface area contributed by atoms with Crippen molar-refractivity contribution in [2.75, 3.05) is 7.11 Å². The van der Waals surface area contributed by atoms with Gasteiger partial charge in [0.15, 0.2) is 0 Å². The van der Waals surface area contributed by atoms with E-state index in [4.69, 9.17) is 9.47 Å². The van der Waals surface area contributed by atoms with Gasteiger partial charge in [0, 0.05) is 27.3 Å². The van der Waals surface area contributed by atoms with Crippen molar-refractivity contribution in [1.82, 2.24) is 0 Å². The highest BCUT2D eigenvalue weighted by Crippen LogP contribution is 2.40. The van der Waals surface area contributed by atoms with Crippen molar-refractivity contribution in [3.63, 3.8) is 0 Å². The number of fused-ring (bicyclic) bond motifs is 1. The van der Waals surface area contributed by atoms with Crippen molar-refractivity contribution >= 4 is 11.3 Å². The van der Waals surface area contributed by atoms with Crippen molar-refractivity contribution in [2.45, 2.75) is 32.5 Å². The molecule has 0 bridgehead atoms. The van der Waals surface area contributed by atoms with E-state index in [0.717, 1.165) is 33.9 Å². The van der Waals surface area contributed by atoms with Crippen LogP contribution < -0.4 is 9.47 Å². The van der Waals surface area contributed by atoms with Gasteiger partial charge in [-0.3, -0.25) is 0 Å². The molecule has 3 nitrogen and oxygen atoms in total. The molecule has 2 heterocycles. The summed E-state index contributed by atoms with van der Waals surface area (Å²) in [5.74, 6) is 1.58. The Bertz CT molecular complexity index is 633. The lowest BCUT2D eigenvalue weighted by Gasteiger charge is -2.15. The summed E-state index contributed by atoms with van der Waals surface area (Å²) in [7, 11) is 1.64. The summed E-state index contributed by atoms with van der Waals surface area (Å²) >= 11 is 1.60. The molecule has 0 spiro atoms. The third-order valence-electron chi connectivity index (χ3n) is 3.57. The molecular weight excluding hydrogens is 272 g/mol. The van der Waals surface area contributed by atoms with E-state index < -0.39 is 6.10 Å². The molecule has 0 amide bonds. The van der Waals surface area contributed by atoms with Crippen molar-refractivity contribution in [2.24, 2.45) is 0 Å². The summed E-state index contributed by atoms with van der Waals surface area (Å²) in [6.07, 6.45) is 0.403. The minimum atomic E-state index is -0.673. The average molecular weight is 290 g/mol. The van der Waals surface area contributed by atoms with Gasteiger partial charge in [0.25, 0.3) is 0 Å². The minimum absolute atomic E-state index is 0.186. The van der Waals surface area contributed by atoms with Crippen LogP contribution in [0.25, 0.3) is 0 Å². The van der Waals surface area contributed by atoms with Gasteiger partial charge in [0.2, 0.25) is 0 Å². The Kier molecular flexibility index (Phi) is 3.44. The van der Waals surface area contributed by atoms with E-state index in [-0.39, 0.29) is 6.10 Å². The van der Waals surface area contributed by atoms with E-state index in [2.05, 4.69) is 0 Å². The summed E-state index contributed by atoms with van der Waals surface area (Å²) < 4.78 is 11.2. The minimum Gasteiger partial charge on any atom is -0.496 e. The molecule has 0 fully saturated rings. The van der Waals surface area contributed by atoms with E-state index in [1.165, 1.54) is 4.88 Å². The van der Waals surface area contributed by atoms with E-state index in [1.54, 1.807) is 18.4 Å². The Morgan fingerprint density at radius 2 is 2.20 bits per heavy atom. The SMILES string of the molecule is COc1cc2c(cc1C(O)c1ccc(C)s1)OC(C)C2. The van der Waals surface area contributed by atoms with Crippen molar-refractivity contribution in [3.8, 4) is 11.5 Å². The molecule has 1 aliphatic heterocycles. The van der Waals surface area contributed by atoms with Gasteiger partial charge < -0.3 is 14.6 Å². The Morgan fingerprint density at radius 3 is 2.85 bits per heavy atom. The van der Waals surface area contributed by atoms with Crippen LogP contribution in [0, 0.1) is 6.92 Å². The van der Waals surface area contributed by atoms with Gasteiger partial charge in [0.05, 0.1) is 7.11 Å². The second-order valence-electron chi connectivity index (χ2n) is 5.19. The summed E-state index contributed by atoms with van der Waals surface area (Å²) in [6.45, 7) is 4.08. The average Bonchev–Trinajstić information content (AvgIpc) is 3.00. The first kappa shape index (κ1) is 13.5. The van der Waals surface area contributed by atoms with Gasteiger partial charge in [-0.15, -0.1) is 11.3 Å². The Morgan fingerprint density at radius 1 is 1.40 bits per heavy atom. The Hall–Kier alpha value is -1.52. The third kappa shape index (κ3) is 2.30. The van der Waals surface area contributed by atoms with Gasteiger partial charge >= 0.3 is 0 Å². The zero-order valence-corrected chi connectivity index (χ0v) is 12.7. The van der Waals surface area contributed by atoms with Gasteiger partial charge in [-0.2, -0.15) is 0 Å². The molecule has 1 N–H and O–H groups in total. The molecule has 0 radical (unpaired) electrons. The van der Waals surface area contributed by atoms with Crippen LogP contribution in [0.4, 0.5) is 0 Å². The van der Waals surface area contributed by atoms with Crippen molar-refractivity contribution in [1.29, 1.82) is 0 Å². The number of methoxy groups -OCH3 is 1. The standard InChI is InChI=1S/C16H18O3S/c1-9-6-11-7-14(18-3)12(8-13(11)19-9)16(17)15-5-4-10(2)20-15/h4-5,7-9,16-17H,6H2,1-3H3. The number of hydrogen-bond acceptors (Lipinski definition) is 4. The molecule has 1 aromatic heterocycles. The number of benzene rings is 1. The van der Waals surface area contributed by atoms with E-state index in [9.17, 15) is 5.11 Å². The fraction of sp³-hybridized carbons (Fsp3) is 0.375. The molecule has 4 heteroatoms.